The summed E-state index contributed by atoms with van der Waals surface area (Å²) >= 11 is 0. The maximum absolute atomic E-state index is 11.8. The number of benzene rings is 1. The molecule has 0 unspecified atom stereocenters. The van der Waals surface area contributed by atoms with Gasteiger partial charge in [-0.3, -0.25) is 9.48 Å². The highest BCUT2D eigenvalue weighted by molar-refractivity contribution is 6.03. The van der Waals surface area contributed by atoms with E-state index in [9.17, 15) is 4.79 Å². The molecule has 0 saturated carbocycles. The lowest BCUT2D eigenvalue weighted by molar-refractivity contribution is 0.102. The van der Waals surface area contributed by atoms with E-state index in [4.69, 9.17) is 5.26 Å². The first-order valence-electron chi connectivity index (χ1n) is 4.99. The molecule has 5 nitrogen and oxygen atoms in total. The number of nitriles is 1. The lowest BCUT2D eigenvalue weighted by atomic mass is 10.2. The number of hydrogen-bond donors (Lipinski definition) is 1. The fourth-order valence-electron chi connectivity index (χ4n) is 1.41. The van der Waals surface area contributed by atoms with Crippen molar-refractivity contribution in [3.05, 3.63) is 47.8 Å². The Morgan fingerprint density at radius 1 is 1.53 bits per heavy atom. The molecular formula is C12H10N4O. The van der Waals surface area contributed by atoms with E-state index in [0.29, 0.717) is 16.8 Å². The van der Waals surface area contributed by atoms with Crippen molar-refractivity contribution in [1.82, 2.24) is 9.78 Å². The fourth-order valence-corrected chi connectivity index (χ4v) is 1.41. The first-order chi connectivity index (χ1) is 8.19. The maximum Gasteiger partial charge on any atom is 0.258 e. The van der Waals surface area contributed by atoms with E-state index < -0.39 is 0 Å². The standard InChI is InChI=1S/C12H10N4O/c1-16-8-10(7-14-16)12(17)15-11-4-2-3-9(5-11)6-13/h2-5,7-8H,1H3,(H,15,17). The molecule has 2 aromatic rings. The van der Waals surface area contributed by atoms with E-state index >= 15 is 0 Å². The molecule has 0 aliphatic heterocycles. The molecule has 1 N–H and O–H groups in total. The lowest BCUT2D eigenvalue weighted by Crippen LogP contribution is -2.11. The van der Waals surface area contributed by atoms with E-state index in [1.54, 1.807) is 42.2 Å². The van der Waals surface area contributed by atoms with Gasteiger partial charge in [-0.15, -0.1) is 0 Å². The third kappa shape index (κ3) is 2.49. The number of carbonyl (C=O) groups is 1. The minimum atomic E-state index is -0.242. The number of nitrogens with one attached hydrogen (secondary N) is 1. The second kappa shape index (κ2) is 4.49. The van der Waals surface area contributed by atoms with Gasteiger partial charge in [-0.25, -0.2) is 0 Å². The number of aryl methyl sites for hydroxylation is 1. The van der Waals surface area contributed by atoms with Crippen LogP contribution in [0.5, 0.6) is 0 Å². The highest BCUT2D eigenvalue weighted by Gasteiger charge is 2.07. The summed E-state index contributed by atoms with van der Waals surface area (Å²) in [6, 6.07) is 8.77. The van der Waals surface area contributed by atoms with Gasteiger partial charge in [-0.2, -0.15) is 10.4 Å². The second-order valence-electron chi connectivity index (χ2n) is 3.55. The molecule has 0 aliphatic carbocycles. The van der Waals surface area contributed by atoms with Crippen molar-refractivity contribution in [3.8, 4) is 6.07 Å². The molecule has 84 valence electrons. The van der Waals surface area contributed by atoms with Crippen LogP contribution >= 0.6 is 0 Å². The third-order valence-electron chi connectivity index (χ3n) is 2.22. The predicted molar refractivity (Wildman–Crippen MR) is 62.3 cm³/mol. The Kier molecular flexibility index (Phi) is 2.88. The molecule has 0 radical (unpaired) electrons. The van der Waals surface area contributed by atoms with Gasteiger partial charge in [0.15, 0.2) is 0 Å². The average Bonchev–Trinajstić information content (AvgIpc) is 2.76. The summed E-state index contributed by atoms with van der Waals surface area (Å²) in [7, 11) is 1.74. The van der Waals surface area contributed by atoms with Crippen LogP contribution in [0.25, 0.3) is 0 Å². The molecule has 1 heterocycles. The Hall–Kier alpha value is -2.61. The molecule has 1 aromatic carbocycles. The quantitative estimate of drug-likeness (QED) is 0.844. The minimum Gasteiger partial charge on any atom is -0.322 e. The molecule has 0 spiro atoms. The highest BCUT2D eigenvalue weighted by atomic mass is 16.1. The summed E-state index contributed by atoms with van der Waals surface area (Å²) in [5.41, 5.74) is 1.58. The number of anilines is 1. The Balaban J connectivity index is 2.16. The first kappa shape index (κ1) is 10.9. The third-order valence-corrected chi connectivity index (χ3v) is 2.22. The van der Waals surface area contributed by atoms with Crippen molar-refractivity contribution in [1.29, 1.82) is 5.26 Å². The molecule has 0 aliphatic rings. The Morgan fingerprint density at radius 3 is 3.00 bits per heavy atom. The molecule has 5 heteroatoms. The maximum atomic E-state index is 11.8. The Morgan fingerprint density at radius 2 is 2.35 bits per heavy atom. The van der Waals surface area contributed by atoms with E-state index in [1.165, 1.54) is 6.20 Å². The SMILES string of the molecule is Cn1cc(C(=O)Nc2cccc(C#N)c2)cn1. The zero-order chi connectivity index (χ0) is 12.3. The summed E-state index contributed by atoms with van der Waals surface area (Å²) in [6.45, 7) is 0. The topological polar surface area (TPSA) is 70.7 Å². The number of carbonyl (C=O) groups excluding carboxylic acids is 1. The zero-order valence-corrected chi connectivity index (χ0v) is 9.21. The smallest absolute Gasteiger partial charge is 0.258 e. The summed E-state index contributed by atoms with van der Waals surface area (Å²) in [6.07, 6.45) is 3.12. The van der Waals surface area contributed by atoms with Crippen LogP contribution in [0.4, 0.5) is 5.69 Å². The summed E-state index contributed by atoms with van der Waals surface area (Å²) in [5, 5.41) is 15.4. The number of rotatable bonds is 2. The molecule has 2 rings (SSSR count). The van der Waals surface area contributed by atoms with Crippen LogP contribution in [0, 0.1) is 11.3 Å². The molecule has 17 heavy (non-hydrogen) atoms. The predicted octanol–water partition coefficient (Wildman–Crippen LogP) is 1.54. The molecule has 1 amide bonds. The Bertz CT molecular complexity index is 595. The van der Waals surface area contributed by atoms with Crippen molar-refractivity contribution in [2.45, 2.75) is 0 Å². The highest BCUT2D eigenvalue weighted by Crippen LogP contribution is 2.11. The molecular weight excluding hydrogens is 216 g/mol. The second-order valence-corrected chi connectivity index (χ2v) is 3.55. The van der Waals surface area contributed by atoms with Gasteiger partial charge >= 0.3 is 0 Å². The van der Waals surface area contributed by atoms with Gasteiger partial charge in [0.05, 0.1) is 23.4 Å². The van der Waals surface area contributed by atoms with E-state index in [2.05, 4.69) is 10.4 Å². The molecule has 0 saturated heterocycles. The lowest BCUT2D eigenvalue weighted by Gasteiger charge is -2.03. The number of aromatic nitrogens is 2. The van der Waals surface area contributed by atoms with Crippen LogP contribution < -0.4 is 5.32 Å². The summed E-state index contributed by atoms with van der Waals surface area (Å²) < 4.78 is 1.56. The monoisotopic (exact) mass is 226 g/mol. The van der Waals surface area contributed by atoms with Crippen molar-refractivity contribution >= 4 is 11.6 Å². The van der Waals surface area contributed by atoms with E-state index in [0.717, 1.165) is 0 Å². The number of hydrogen-bond acceptors (Lipinski definition) is 3. The molecule has 1 aromatic heterocycles. The van der Waals surface area contributed by atoms with E-state index in [-0.39, 0.29) is 5.91 Å². The number of amides is 1. The van der Waals surface area contributed by atoms with Gasteiger partial charge in [0.1, 0.15) is 0 Å². The fraction of sp³-hybridized carbons (Fsp3) is 0.0833. The average molecular weight is 226 g/mol. The van der Waals surface area contributed by atoms with Crippen molar-refractivity contribution in [2.75, 3.05) is 5.32 Å². The van der Waals surface area contributed by atoms with Crippen LogP contribution in [-0.2, 0) is 7.05 Å². The summed E-state index contributed by atoms with van der Waals surface area (Å²) in [5.74, 6) is -0.242. The number of nitrogens with zero attached hydrogens (tertiary/aromatic N) is 3. The molecule has 0 fully saturated rings. The van der Waals surface area contributed by atoms with E-state index in [1.807, 2.05) is 6.07 Å². The molecule has 0 bridgehead atoms. The van der Waals surface area contributed by atoms with Crippen molar-refractivity contribution < 1.29 is 4.79 Å². The van der Waals surface area contributed by atoms with Gasteiger partial charge in [-0.05, 0) is 18.2 Å². The van der Waals surface area contributed by atoms with Crippen LogP contribution in [-0.4, -0.2) is 15.7 Å². The largest absolute Gasteiger partial charge is 0.322 e. The van der Waals surface area contributed by atoms with Gasteiger partial charge in [-0.1, -0.05) is 6.07 Å². The Labute approximate surface area is 98.3 Å². The zero-order valence-electron chi connectivity index (χ0n) is 9.21. The van der Waals surface area contributed by atoms with Gasteiger partial charge < -0.3 is 5.32 Å². The first-order valence-corrected chi connectivity index (χ1v) is 4.99. The summed E-state index contributed by atoms with van der Waals surface area (Å²) in [4.78, 5) is 11.8. The normalized spacial score (nSPS) is 9.65. The van der Waals surface area contributed by atoms with Gasteiger partial charge in [0.25, 0.3) is 5.91 Å². The van der Waals surface area contributed by atoms with Gasteiger partial charge in [0, 0.05) is 18.9 Å². The van der Waals surface area contributed by atoms with Crippen LogP contribution in [0.15, 0.2) is 36.7 Å². The van der Waals surface area contributed by atoms with Crippen LogP contribution in [0.2, 0.25) is 0 Å². The van der Waals surface area contributed by atoms with Crippen molar-refractivity contribution in [3.63, 3.8) is 0 Å². The van der Waals surface area contributed by atoms with Crippen LogP contribution in [0.1, 0.15) is 15.9 Å². The van der Waals surface area contributed by atoms with Crippen molar-refractivity contribution in [2.24, 2.45) is 7.05 Å². The molecule has 0 atom stereocenters. The van der Waals surface area contributed by atoms with Crippen LogP contribution in [0.3, 0.4) is 0 Å². The minimum absolute atomic E-state index is 0.242. The van der Waals surface area contributed by atoms with Gasteiger partial charge in [0.2, 0.25) is 0 Å².